The van der Waals surface area contributed by atoms with Gasteiger partial charge in [-0.15, -0.1) is 0 Å². The first kappa shape index (κ1) is 11.3. The predicted molar refractivity (Wildman–Crippen MR) is 61.0 cm³/mol. The van der Waals surface area contributed by atoms with Crippen molar-refractivity contribution < 1.29 is 9.32 Å². The summed E-state index contributed by atoms with van der Waals surface area (Å²) >= 11 is 0. The van der Waals surface area contributed by atoms with Crippen molar-refractivity contribution in [3.05, 3.63) is 35.7 Å². The molecule has 2 rings (SSSR count). The summed E-state index contributed by atoms with van der Waals surface area (Å²) in [7, 11) is 1.79. The van der Waals surface area contributed by atoms with Crippen LogP contribution in [-0.4, -0.2) is 23.1 Å². The van der Waals surface area contributed by atoms with Crippen LogP contribution in [0.3, 0.4) is 0 Å². The molecule has 88 valence electrons. The molecule has 0 atom stereocenters. The van der Waals surface area contributed by atoms with Crippen molar-refractivity contribution in [3.63, 3.8) is 0 Å². The fourth-order valence-electron chi connectivity index (χ4n) is 1.41. The van der Waals surface area contributed by atoms with Crippen LogP contribution in [0.5, 0.6) is 0 Å². The molecule has 0 saturated heterocycles. The highest BCUT2D eigenvalue weighted by Crippen LogP contribution is 2.17. The molecule has 0 bridgehead atoms. The number of primary amides is 1. The van der Waals surface area contributed by atoms with Crippen LogP contribution >= 0.6 is 0 Å². The quantitative estimate of drug-likeness (QED) is 0.803. The van der Waals surface area contributed by atoms with Gasteiger partial charge in [0.05, 0.1) is 6.54 Å². The normalized spacial score (nSPS) is 10.4. The SMILES string of the molecule is CNCc1nc(-c2cccc(C(N)=O)c2)no1. The molecule has 0 radical (unpaired) electrons. The van der Waals surface area contributed by atoms with Crippen LogP contribution in [0.2, 0.25) is 0 Å². The van der Waals surface area contributed by atoms with Crippen molar-refractivity contribution in [2.24, 2.45) is 5.73 Å². The maximum Gasteiger partial charge on any atom is 0.248 e. The smallest absolute Gasteiger partial charge is 0.248 e. The second-order valence-corrected chi connectivity index (χ2v) is 3.49. The van der Waals surface area contributed by atoms with E-state index < -0.39 is 5.91 Å². The lowest BCUT2D eigenvalue weighted by molar-refractivity contribution is 0.100. The molecule has 0 aliphatic rings. The maximum atomic E-state index is 11.0. The van der Waals surface area contributed by atoms with Crippen molar-refractivity contribution >= 4 is 5.91 Å². The molecule has 17 heavy (non-hydrogen) atoms. The molecule has 0 fully saturated rings. The number of hydrogen-bond donors (Lipinski definition) is 2. The first-order valence-corrected chi connectivity index (χ1v) is 5.08. The Morgan fingerprint density at radius 1 is 1.53 bits per heavy atom. The van der Waals surface area contributed by atoms with E-state index in [0.29, 0.717) is 29.4 Å². The molecule has 2 aromatic rings. The van der Waals surface area contributed by atoms with Gasteiger partial charge in [-0.05, 0) is 19.2 Å². The molecule has 0 aliphatic heterocycles. The number of rotatable bonds is 4. The Morgan fingerprint density at radius 2 is 2.35 bits per heavy atom. The van der Waals surface area contributed by atoms with E-state index in [-0.39, 0.29) is 0 Å². The van der Waals surface area contributed by atoms with Crippen LogP contribution in [0, 0.1) is 0 Å². The van der Waals surface area contributed by atoms with Crippen molar-refractivity contribution in [2.45, 2.75) is 6.54 Å². The molecule has 6 heteroatoms. The summed E-state index contributed by atoms with van der Waals surface area (Å²) in [6.07, 6.45) is 0. The summed E-state index contributed by atoms with van der Waals surface area (Å²) in [6, 6.07) is 6.79. The van der Waals surface area contributed by atoms with E-state index >= 15 is 0 Å². The monoisotopic (exact) mass is 232 g/mol. The van der Waals surface area contributed by atoms with Gasteiger partial charge in [-0.2, -0.15) is 4.98 Å². The molecule has 1 amide bonds. The van der Waals surface area contributed by atoms with E-state index in [1.165, 1.54) is 0 Å². The number of aromatic nitrogens is 2. The fraction of sp³-hybridized carbons (Fsp3) is 0.182. The highest BCUT2D eigenvalue weighted by molar-refractivity contribution is 5.93. The lowest BCUT2D eigenvalue weighted by Gasteiger charge is -1.97. The Bertz CT molecular complexity index is 536. The van der Waals surface area contributed by atoms with E-state index in [2.05, 4.69) is 15.5 Å². The van der Waals surface area contributed by atoms with Gasteiger partial charge in [-0.25, -0.2) is 0 Å². The largest absolute Gasteiger partial charge is 0.366 e. The number of amides is 1. The Balaban J connectivity index is 2.32. The van der Waals surface area contributed by atoms with Gasteiger partial charge in [-0.3, -0.25) is 4.79 Å². The summed E-state index contributed by atoms with van der Waals surface area (Å²) in [5.74, 6) is 0.455. The zero-order valence-electron chi connectivity index (χ0n) is 9.30. The third-order valence-electron chi connectivity index (χ3n) is 2.20. The van der Waals surface area contributed by atoms with Gasteiger partial charge < -0.3 is 15.6 Å². The third-order valence-corrected chi connectivity index (χ3v) is 2.20. The van der Waals surface area contributed by atoms with Crippen molar-refractivity contribution in [1.82, 2.24) is 15.5 Å². The average molecular weight is 232 g/mol. The minimum Gasteiger partial charge on any atom is -0.366 e. The Hall–Kier alpha value is -2.21. The maximum absolute atomic E-state index is 11.0. The molecule has 1 aromatic carbocycles. The average Bonchev–Trinajstić information content (AvgIpc) is 2.78. The van der Waals surface area contributed by atoms with Gasteiger partial charge >= 0.3 is 0 Å². The van der Waals surface area contributed by atoms with Crippen LogP contribution in [0.1, 0.15) is 16.2 Å². The van der Waals surface area contributed by atoms with Gasteiger partial charge in [0.15, 0.2) is 0 Å². The summed E-state index contributed by atoms with van der Waals surface area (Å²) in [4.78, 5) is 15.2. The van der Waals surface area contributed by atoms with Gasteiger partial charge in [0.2, 0.25) is 17.6 Å². The molecule has 0 unspecified atom stereocenters. The zero-order chi connectivity index (χ0) is 12.3. The van der Waals surface area contributed by atoms with E-state index in [4.69, 9.17) is 10.3 Å². The first-order valence-electron chi connectivity index (χ1n) is 5.08. The second-order valence-electron chi connectivity index (χ2n) is 3.49. The Labute approximate surface area is 97.8 Å². The van der Waals surface area contributed by atoms with E-state index in [1.54, 1.807) is 31.3 Å². The first-order chi connectivity index (χ1) is 8.20. The van der Waals surface area contributed by atoms with Crippen LogP contribution < -0.4 is 11.1 Å². The molecule has 0 saturated carbocycles. The molecular weight excluding hydrogens is 220 g/mol. The van der Waals surface area contributed by atoms with E-state index in [1.807, 2.05) is 0 Å². The summed E-state index contributed by atoms with van der Waals surface area (Å²) in [5.41, 5.74) is 6.32. The van der Waals surface area contributed by atoms with E-state index in [9.17, 15) is 4.79 Å². The summed E-state index contributed by atoms with van der Waals surface area (Å²) < 4.78 is 5.02. The zero-order valence-corrected chi connectivity index (χ0v) is 9.30. The molecular formula is C11H12N4O2. The Morgan fingerprint density at radius 3 is 3.06 bits per heavy atom. The fourth-order valence-corrected chi connectivity index (χ4v) is 1.41. The number of hydrogen-bond acceptors (Lipinski definition) is 5. The van der Waals surface area contributed by atoms with Gasteiger partial charge in [0.25, 0.3) is 0 Å². The molecule has 3 N–H and O–H groups in total. The van der Waals surface area contributed by atoms with Crippen LogP contribution in [0.25, 0.3) is 11.4 Å². The topological polar surface area (TPSA) is 94.0 Å². The van der Waals surface area contributed by atoms with E-state index in [0.717, 1.165) is 0 Å². The molecule has 1 heterocycles. The van der Waals surface area contributed by atoms with Crippen LogP contribution in [0.15, 0.2) is 28.8 Å². The number of carbonyl (C=O) groups excluding carboxylic acids is 1. The van der Waals surface area contributed by atoms with Crippen LogP contribution in [-0.2, 0) is 6.54 Å². The minimum absolute atomic E-state index is 0.419. The highest BCUT2D eigenvalue weighted by Gasteiger charge is 2.09. The minimum atomic E-state index is -0.481. The Kier molecular flexibility index (Phi) is 3.15. The van der Waals surface area contributed by atoms with Crippen molar-refractivity contribution in [2.75, 3.05) is 7.05 Å². The molecule has 6 nitrogen and oxygen atoms in total. The van der Waals surface area contributed by atoms with Gasteiger partial charge in [-0.1, -0.05) is 17.3 Å². The highest BCUT2D eigenvalue weighted by atomic mass is 16.5. The van der Waals surface area contributed by atoms with Crippen molar-refractivity contribution in [1.29, 1.82) is 0 Å². The lowest BCUT2D eigenvalue weighted by Crippen LogP contribution is -2.10. The third kappa shape index (κ3) is 2.48. The van der Waals surface area contributed by atoms with Gasteiger partial charge in [0, 0.05) is 11.1 Å². The number of nitrogens with zero attached hydrogens (tertiary/aromatic N) is 2. The molecule has 0 aliphatic carbocycles. The number of nitrogens with two attached hydrogens (primary N) is 1. The van der Waals surface area contributed by atoms with Crippen molar-refractivity contribution in [3.8, 4) is 11.4 Å². The molecule has 0 spiro atoms. The molecule has 1 aromatic heterocycles. The lowest BCUT2D eigenvalue weighted by atomic mass is 10.1. The van der Waals surface area contributed by atoms with Gasteiger partial charge in [0.1, 0.15) is 0 Å². The van der Waals surface area contributed by atoms with Crippen LogP contribution in [0.4, 0.5) is 0 Å². The predicted octanol–water partition coefficient (Wildman–Crippen LogP) is 0.555. The number of nitrogens with one attached hydrogen (secondary N) is 1. The number of carbonyl (C=O) groups is 1. The summed E-state index contributed by atoms with van der Waals surface area (Å²) in [6.45, 7) is 0.502. The summed E-state index contributed by atoms with van der Waals surface area (Å²) in [5, 5.41) is 6.74. The second kappa shape index (κ2) is 4.75. The number of benzene rings is 1. The standard InChI is InChI=1S/C11H12N4O2/c1-13-6-9-14-11(15-17-9)8-4-2-3-7(5-8)10(12)16/h2-5,13H,6H2,1H3,(H2,12,16).